The topological polar surface area (TPSA) is 54.4 Å². The van der Waals surface area contributed by atoms with E-state index in [9.17, 15) is 13.4 Å². The third kappa shape index (κ3) is 4.55. The van der Waals surface area contributed by atoms with Gasteiger partial charge in [0.2, 0.25) is 0 Å². The first-order chi connectivity index (χ1) is 7.90. The predicted molar refractivity (Wildman–Crippen MR) is 67.7 cm³/mol. The lowest BCUT2D eigenvalue weighted by Gasteiger charge is -2.09. The van der Waals surface area contributed by atoms with Gasteiger partial charge in [-0.1, -0.05) is 22.9 Å². The van der Waals surface area contributed by atoms with Crippen LogP contribution in [0, 0.1) is 5.82 Å². The molecule has 2 unspecified atom stereocenters. The molecule has 1 aromatic rings. The number of hydrogen-bond donors (Lipinski definition) is 1. The van der Waals surface area contributed by atoms with Crippen LogP contribution in [0.5, 0.6) is 0 Å². The van der Waals surface area contributed by atoms with Crippen molar-refractivity contribution in [1.82, 2.24) is 0 Å². The van der Waals surface area contributed by atoms with Gasteiger partial charge in [-0.25, -0.2) is 4.39 Å². The van der Waals surface area contributed by atoms with Gasteiger partial charge >= 0.3 is 5.97 Å². The summed E-state index contributed by atoms with van der Waals surface area (Å²) in [4.78, 5) is 10.5. The number of carboxylic acid groups (broad SMARTS) is 1. The van der Waals surface area contributed by atoms with E-state index in [1.165, 1.54) is 6.07 Å². The highest BCUT2D eigenvalue weighted by Crippen LogP contribution is 2.18. The maximum absolute atomic E-state index is 13.4. The Kier molecular flexibility index (Phi) is 5.27. The third-order valence-corrected chi connectivity index (χ3v) is 4.37. The lowest BCUT2D eigenvalue weighted by atomic mass is 10.2. The van der Waals surface area contributed by atoms with E-state index in [1.54, 1.807) is 19.1 Å². The van der Waals surface area contributed by atoms with Gasteiger partial charge < -0.3 is 5.11 Å². The Bertz CT molecular complexity index is 450. The van der Waals surface area contributed by atoms with Crippen LogP contribution >= 0.6 is 15.9 Å². The number of hydrogen-bond acceptors (Lipinski definition) is 2. The van der Waals surface area contributed by atoms with Gasteiger partial charge in [0.1, 0.15) is 5.82 Å². The van der Waals surface area contributed by atoms with Crippen LogP contribution in [0.2, 0.25) is 0 Å². The first kappa shape index (κ1) is 14.3. The number of carbonyl (C=O) groups is 1. The fraction of sp³-hybridized carbons (Fsp3) is 0.364. The standard InChI is InChI=1S/C11H12BrFO3S/c1-7(4-11(14)15)17(16)6-8-5-9(12)2-3-10(8)13/h2-3,5,7H,4,6H2,1H3,(H,14,15). The Morgan fingerprint density at radius 3 is 2.82 bits per heavy atom. The highest BCUT2D eigenvalue weighted by atomic mass is 79.9. The molecule has 1 N–H and O–H groups in total. The van der Waals surface area contributed by atoms with E-state index in [1.807, 2.05) is 0 Å². The van der Waals surface area contributed by atoms with Crippen molar-refractivity contribution in [3.8, 4) is 0 Å². The zero-order valence-electron chi connectivity index (χ0n) is 9.15. The molecule has 6 heteroatoms. The summed E-state index contributed by atoms with van der Waals surface area (Å²) in [6.45, 7) is 1.58. The summed E-state index contributed by atoms with van der Waals surface area (Å²) >= 11 is 3.20. The molecule has 1 rings (SSSR count). The average molecular weight is 323 g/mol. The summed E-state index contributed by atoms with van der Waals surface area (Å²) in [5.41, 5.74) is 0.329. The summed E-state index contributed by atoms with van der Waals surface area (Å²) in [7, 11) is -1.40. The van der Waals surface area contributed by atoms with Gasteiger partial charge in [0.15, 0.2) is 0 Å². The van der Waals surface area contributed by atoms with E-state index in [4.69, 9.17) is 5.11 Å². The number of aliphatic carboxylic acids is 1. The minimum absolute atomic E-state index is 0.0275. The van der Waals surface area contributed by atoms with Gasteiger partial charge in [-0.3, -0.25) is 9.00 Å². The number of halogens is 2. The lowest BCUT2D eigenvalue weighted by Crippen LogP contribution is -2.17. The molecule has 0 saturated carbocycles. The van der Waals surface area contributed by atoms with Gasteiger partial charge in [-0.2, -0.15) is 0 Å². The second-order valence-electron chi connectivity index (χ2n) is 3.67. The van der Waals surface area contributed by atoms with E-state index in [0.29, 0.717) is 10.0 Å². The molecule has 0 heterocycles. The summed E-state index contributed by atoms with van der Waals surface area (Å²) in [6, 6.07) is 4.40. The molecule has 0 aromatic heterocycles. The first-order valence-electron chi connectivity index (χ1n) is 4.93. The van der Waals surface area contributed by atoms with Crippen molar-refractivity contribution in [3.63, 3.8) is 0 Å². The molecule has 94 valence electrons. The molecular weight excluding hydrogens is 311 g/mol. The van der Waals surface area contributed by atoms with Crippen LogP contribution in [0.3, 0.4) is 0 Å². The van der Waals surface area contributed by atoms with E-state index in [-0.39, 0.29) is 12.2 Å². The summed E-state index contributed by atoms with van der Waals surface area (Å²) < 4.78 is 25.9. The largest absolute Gasteiger partial charge is 0.481 e. The molecule has 0 amide bonds. The monoisotopic (exact) mass is 322 g/mol. The zero-order chi connectivity index (χ0) is 13.0. The van der Waals surface area contributed by atoms with Crippen LogP contribution < -0.4 is 0 Å². The smallest absolute Gasteiger partial charge is 0.304 e. The molecule has 3 nitrogen and oxygen atoms in total. The average Bonchev–Trinajstić information content (AvgIpc) is 2.22. The molecule has 0 radical (unpaired) electrons. The molecule has 17 heavy (non-hydrogen) atoms. The Labute approximate surface area is 110 Å². The highest BCUT2D eigenvalue weighted by Gasteiger charge is 2.16. The molecule has 0 aliphatic carbocycles. The van der Waals surface area contributed by atoms with Gasteiger partial charge in [0, 0.05) is 26.1 Å². The van der Waals surface area contributed by atoms with Crippen molar-refractivity contribution in [3.05, 3.63) is 34.1 Å². The molecule has 0 bridgehead atoms. The molecule has 0 aliphatic rings. The SMILES string of the molecule is CC(CC(=O)O)S(=O)Cc1cc(Br)ccc1F. The van der Waals surface area contributed by atoms with Gasteiger partial charge in [0.25, 0.3) is 0 Å². The summed E-state index contributed by atoms with van der Waals surface area (Å²) in [5, 5.41) is 8.09. The van der Waals surface area contributed by atoms with Crippen LogP contribution in [-0.2, 0) is 21.3 Å². The molecular formula is C11H12BrFO3S. The number of carboxylic acids is 1. The van der Waals surface area contributed by atoms with Gasteiger partial charge in [0.05, 0.1) is 12.2 Å². The van der Waals surface area contributed by atoms with Crippen LogP contribution in [0.4, 0.5) is 4.39 Å². The Balaban J connectivity index is 2.73. The van der Waals surface area contributed by atoms with Crippen molar-refractivity contribution in [1.29, 1.82) is 0 Å². The Morgan fingerprint density at radius 1 is 1.59 bits per heavy atom. The minimum atomic E-state index is -1.40. The normalized spacial score (nSPS) is 14.3. The lowest BCUT2D eigenvalue weighted by molar-refractivity contribution is -0.136. The summed E-state index contributed by atoms with van der Waals surface area (Å²) in [5.74, 6) is -1.40. The number of rotatable bonds is 5. The van der Waals surface area contributed by atoms with Crippen molar-refractivity contribution in [2.45, 2.75) is 24.3 Å². The van der Waals surface area contributed by atoms with Crippen LogP contribution in [-0.4, -0.2) is 20.5 Å². The van der Waals surface area contributed by atoms with Crippen LogP contribution in [0.1, 0.15) is 18.9 Å². The van der Waals surface area contributed by atoms with Crippen molar-refractivity contribution in [2.24, 2.45) is 0 Å². The van der Waals surface area contributed by atoms with Gasteiger partial charge in [-0.15, -0.1) is 0 Å². The summed E-state index contributed by atoms with van der Waals surface area (Å²) in [6.07, 6.45) is -0.178. The Hall–Kier alpha value is -0.750. The maximum atomic E-state index is 13.4. The van der Waals surface area contributed by atoms with E-state index in [2.05, 4.69) is 15.9 Å². The van der Waals surface area contributed by atoms with Crippen molar-refractivity contribution >= 4 is 32.7 Å². The van der Waals surface area contributed by atoms with E-state index < -0.39 is 27.8 Å². The van der Waals surface area contributed by atoms with Gasteiger partial charge in [-0.05, 0) is 18.2 Å². The fourth-order valence-electron chi connectivity index (χ4n) is 1.29. The maximum Gasteiger partial charge on any atom is 0.304 e. The fourth-order valence-corrected chi connectivity index (χ4v) is 2.84. The zero-order valence-corrected chi connectivity index (χ0v) is 11.6. The molecule has 1 aromatic carbocycles. The second kappa shape index (κ2) is 6.26. The van der Waals surface area contributed by atoms with E-state index >= 15 is 0 Å². The molecule has 0 spiro atoms. The van der Waals surface area contributed by atoms with Crippen LogP contribution in [0.15, 0.2) is 22.7 Å². The third-order valence-electron chi connectivity index (χ3n) is 2.22. The van der Waals surface area contributed by atoms with Crippen molar-refractivity contribution in [2.75, 3.05) is 0 Å². The van der Waals surface area contributed by atoms with Crippen LogP contribution in [0.25, 0.3) is 0 Å². The van der Waals surface area contributed by atoms with E-state index in [0.717, 1.165) is 0 Å². The second-order valence-corrected chi connectivity index (χ2v) is 6.44. The minimum Gasteiger partial charge on any atom is -0.481 e. The Morgan fingerprint density at radius 2 is 2.24 bits per heavy atom. The van der Waals surface area contributed by atoms with Crippen molar-refractivity contribution < 1.29 is 18.5 Å². The first-order valence-corrected chi connectivity index (χ1v) is 7.10. The highest BCUT2D eigenvalue weighted by molar-refractivity contribution is 9.10. The molecule has 0 fully saturated rings. The molecule has 2 atom stereocenters. The molecule has 0 saturated heterocycles. The quantitative estimate of drug-likeness (QED) is 0.906. The number of benzene rings is 1. The predicted octanol–water partition coefficient (Wildman–Crippen LogP) is 2.70. The molecule has 0 aliphatic heterocycles.